The average Bonchev–Trinajstić information content (AvgIpc) is 2.48. The quantitative estimate of drug-likeness (QED) is 0.644. The normalized spacial score (nSPS) is 12.9. The molecule has 6 nitrogen and oxygen atoms in total. The fraction of sp³-hybridized carbons (Fsp3) is 0.438. The highest BCUT2D eigenvalue weighted by molar-refractivity contribution is 5.97. The van der Waals surface area contributed by atoms with Crippen molar-refractivity contribution in [2.75, 3.05) is 11.9 Å². The maximum absolute atomic E-state index is 12.3. The van der Waals surface area contributed by atoms with Crippen LogP contribution in [0.2, 0.25) is 0 Å². The molecule has 1 atom stereocenters. The maximum atomic E-state index is 12.3. The number of anilines is 1. The molecule has 118 valence electrons. The minimum atomic E-state index is -0.934. The van der Waals surface area contributed by atoms with Crippen LogP contribution in [0.3, 0.4) is 0 Å². The largest absolute Gasteiger partial charge is 0.425 e. The third kappa shape index (κ3) is 4.30. The van der Waals surface area contributed by atoms with Crippen molar-refractivity contribution in [2.24, 2.45) is 0 Å². The van der Waals surface area contributed by atoms with Crippen LogP contribution in [-0.2, 0) is 14.3 Å². The Balaban J connectivity index is 2.97. The van der Waals surface area contributed by atoms with Gasteiger partial charge in [0.05, 0.1) is 5.56 Å². The van der Waals surface area contributed by atoms with Crippen LogP contribution in [-0.4, -0.2) is 24.1 Å². The van der Waals surface area contributed by atoms with Gasteiger partial charge in [0.2, 0.25) is 0 Å². The Hall–Kier alpha value is -2.39. The zero-order valence-electron chi connectivity index (χ0n) is 13.2. The van der Waals surface area contributed by atoms with Crippen LogP contribution in [0.5, 0.6) is 5.75 Å². The van der Waals surface area contributed by atoms with E-state index in [0.717, 1.165) is 0 Å². The van der Waals surface area contributed by atoms with Crippen LogP contribution in [0.4, 0.5) is 5.69 Å². The lowest BCUT2D eigenvalue weighted by Gasteiger charge is -2.26. The van der Waals surface area contributed by atoms with Crippen LogP contribution in [0.25, 0.3) is 0 Å². The number of nitriles is 1. The second-order valence-corrected chi connectivity index (χ2v) is 4.89. The van der Waals surface area contributed by atoms with Gasteiger partial charge >= 0.3 is 5.97 Å². The van der Waals surface area contributed by atoms with Gasteiger partial charge in [-0.2, -0.15) is 5.26 Å². The van der Waals surface area contributed by atoms with E-state index in [2.05, 4.69) is 5.32 Å². The third-order valence-electron chi connectivity index (χ3n) is 3.23. The van der Waals surface area contributed by atoms with Crippen molar-refractivity contribution in [2.45, 2.75) is 39.7 Å². The molecule has 1 rings (SSSR count). The molecule has 0 heterocycles. The van der Waals surface area contributed by atoms with E-state index in [0.29, 0.717) is 18.7 Å². The molecule has 0 fully saturated rings. The molecule has 0 aliphatic heterocycles. The first-order chi connectivity index (χ1) is 10.4. The van der Waals surface area contributed by atoms with E-state index < -0.39 is 11.6 Å². The number of carbonyl (C=O) groups excluding carboxylic acids is 2. The Morgan fingerprint density at radius 1 is 1.36 bits per heavy atom. The van der Waals surface area contributed by atoms with Gasteiger partial charge in [0.1, 0.15) is 17.4 Å². The van der Waals surface area contributed by atoms with E-state index in [1.54, 1.807) is 13.0 Å². The Morgan fingerprint density at radius 3 is 2.55 bits per heavy atom. The summed E-state index contributed by atoms with van der Waals surface area (Å²) in [6.07, 6.45) is 0.517. The number of esters is 1. The van der Waals surface area contributed by atoms with Gasteiger partial charge in [-0.15, -0.1) is 0 Å². The summed E-state index contributed by atoms with van der Waals surface area (Å²) in [4.78, 5) is 23.3. The number of ether oxygens (including phenoxy) is 2. The van der Waals surface area contributed by atoms with Crippen molar-refractivity contribution >= 4 is 17.6 Å². The molecule has 6 heteroatoms. The zero-order valence-corrected chi connectivity index (χ0v) is 13.2. The fourth-order valence-corrected chi connectivity index (χ4v) is 1.85. The van der Waals surface area contributed by atoms with Crippen molar-refractivity contribution in [1.29, 1.82) is 5.26 Å². The summed E-state index contributed by atoms with van der Waals surface area (Å²) in [5, 5.41) is 11.8. The Bertz CT molecular complexity index is 607. The molecule has 1 amide bonds. The SMILES string of the molecule is CCO[C@@](C)(CC)C(=O)Nc1ccc(OC(C)=O)c(C#N)c1. The van der Waals surface area contributed by atoms with Crippen molar-refractivity contribution in [3.05, 3.63) is 23.8 Å². The molecule has 1 aromatic rings. The monoisotopic (exact) mass is 304 g/mol. The summed E-state index contributed by atoms with van der Waals surface area (Å²) >= 11 is 0. The van der Waals surface area contributed by atoms with Crippen LogP contribution < -0.4 is 10.1 Å². The molecule has 1 N–H and O–H groups in total. The first-order valence-corrected chi connectivity index (χ1v) is 7.04. The summed E-state index contributed by atoms with van der Waals surface area (Å²) in [7, 11) is 0. The molecule has 0 aromatic heterocycles. The summed E-state index contributed by atoms with van der Waals surface area (Å²) in [6, 6.07) is 6.43. The van der Waals surface area contributed by atoms with Crippen molar-refractivity contribution < 1.29 is 19.1 Å². The summed E-state index contributed by atoms with van der Waals surface area (Å²) in [5.41, 5.74) is -0.324. The number of nitrogens with zero attached hydrogens (tertiary/aromatic N) is 1. The molecule has 1 aromatic carbocycles. The highest BCUT2D eigenvalue weighted by atomic mass is 16.5. The van der Waals surface area contributed by atoms with E-state index in [-0.39, 0.29) is 17.2 Å². The average molecular weight is 304 g/mol. The standard InChI is InChI=1S/C16H20N2O4/c1-5-16(4,21-6-2)15(20)18-13-7-8-14(22-11(3)19)12(9-13)10-17/h7-9H,5-6H2,1-4H3,(H,18,20)/t16-/m0/s1. The lowest BCUT2D eigenvalue weighted by molar-refractivity contribution is -0.139. The molecule has 0 radical (unpaired) electrons. The van der Waals surface area contributed by atoms with E-state index in [1.807, 2.05) is 19.9 Å². The van der Waals surface area contributed by atoms with Gasteiger partial charge in [-0.1, -0.05) is 6.92 Å². The highest BCUT2D eigenvalue weighted by Gasteiger charge is 2.31. The number of rotatable bonds is 6. The smallest absolute Gasteiger partial charge is 0.308 e. The van der Waals surface area contributed by atoms with E-state index in [9.17, 15) is 9.59 Å². The highest BCUT2D eigenvalue weighted by Crippen LogP contribution is 2.24. The van der Waals surface area contributed by atoms with E-state index in [1.165, 1.54) is 19.1 Å². The van der Waals surface area contributed by atoms with E-state index >= 15 is 0 Å². The molecule has 0 saturated carbocycles. The van der Waals surface area contributed by atoms with Crippen LogP contribution >= 0.6 is 0 Å². The fourth-order valence-electron chi connectivity index (χ4n) is 1.85. The minimum absolute atomic E-state index is 0.163. The first kappa shape index (κ1) is 17.7. The molecular formula is C16H20N2O4. The van der Waals surface area contributed by atoms with Crippen molar-refractivity contribution in [3.63, 3.8) is 0 Å². The number of carbonyl (C=O) groups is 2. The number of hydrogen-bond donors (Lipinski definition) is 1. The van der Waals surface area contributed by atoms with Crippen LogP contribution in [0.1, 0.15) is 39.7 Å². The second kappa shape index (κ2) is 7.57. The van der Waals surface area contributed by atoms with Gasteiger partial charge in [0, 0.05) is 19.2 Å². The summed E-state index contributed by atoms with van der Waals surface area (Å²) < 4.78 is 10.4. The van der Waals surface area contributed by atoms with Crippen LogP contribution in [0, 0.1) is 11.3 Å². The molecule has 0 bridgehead atoms. The Morgan fingerprint density at radius 2 is 2.05 bits per heavy atom. The van der Waals surface area contributed by atoms with Gasteiger partial charge in [-0.3, -0.25) is 9.59 Å². The van der Waals surface area contributed by atoms with E-state index in [4.69, 9.17) is 14.7 Å². The molecule has 0 saturated heterocycles. The number of benzene rings is 1. The summed E-state index contributed by atoms with van der Waals surface area (Å²) in [6.45, 7) is 7.07. The molecule has 0 spiro atoms. The lowest BCUT2D eigenvalue weighted by Crippen LogP contribution is -2.42. The Kier molecular flexibility index (Phi) is 6.08. The number of nitrogens with one attached hydrogen (secondary N) is 1. The molecule has 0 unspecified atom stereocenters. The predicted molar refractivity (Wildman–Crippen MR) is 81.4 cm³/mol. The Labute approximate surface area is 130 Å². The van der Waals surface area contributed by atoms with Crippen LogP contribution in [0.15, 0.2) is 18.2 Å². The number of amides is 1. The molecular weight excluding hydrogens is 284 g/mol. The topological polar surface area (TPSA) is 88.4 Å². The van der Waals surface area contributed by atoms with Gasteiger partial charge in [0.25, 0.3) is 5.91 Å². The first-order valence-electron chi connectivity index (χ1n) is 7.04. The maximum Gasteiger partial charge on any atom is 0.308 e. The second-order valence-electron chi connectivity index (χ2n) is 4.89. The molecule has 22 heavy (non-hydrogen) atoms. The molecule has 0 aliphatic rings. The minimum Gasteiger partial charge on any atom is -0.425 e. The van der Waals surface area contributed by atoms with Crippen molar-refractivity contribution in [3.8, 4) is 11.8 Å². The van der Waals surface area contributed by atoms with Gasteiger partial charge in [-0.25, -0.2) is 0 Å². The van der Waals surface area contributed by atoms with Gasteiger partial charge in [-0.05, 0) is 38.5 Å². The number of hydrogen-bond acceptors (Lipinski definition) is 5. The van der Waals surface area contributed by atoms with Gasteiger partial charge < -0.3 is 14.8 Å². The lowest BCUT2D eigenvalue weighted by atomic mass is 10.0. The predicted octanol–water partition coefficient (Wildman–Crippen LogP) is 2.63. The zero-order chi connectivity index (χ0) is 16.8. The van der Waals surface area contributed by atoms with Gasteiger partial charge in [0.15, 0.2) is 0 Å². The summed E-state index contributed by atoms with van der Waals surface area (Å²) in [5.74, 6) is -0.639. The van der Waals surface area contributed by atoms with Crippen molar-refractivity contribution in [1.82, 2.24) is 0 Å². The molecule has 0 aliphatic carbocycles. The third-order valence-corrected chi connectivity index (χ3v) is 3.23.